The van der Waals surface area contributed by atoms with Crippen molar-refractivity contribution in [1.82, 2.24) is 15.6 Å². The molecule has 0 aliphatic heterocycles. The summed E-state index contributed by atoms with van der Waals surface area (Å²) in [5.41, 5.74) is 4.72. The van der Waals surface area contributed by atoms with Gasteiger partial charge in [-0.2, -0.15) is 5.10 Å². The third-order valence-electron chi connectivity index (χ3n) is 7.90. The first kappa shape index (κ1) is 30.0. The van der Waals surface area contributed by atoms with Gasteiger partial charge >= 0.3 is 5.97 Å². The summed E-state index contributed by atoms with van der Waals surface area (Å²) in [4.78, 5) is 29.3. The number of aromatic carboxylic acids is 1. The topological polar surface area (TPSA) is 98.7 Å². The normalized spacial score (nSPS) is 23.1. The second-order valence-corrected chi connectivity index (χ2v) is 13.6. The highest BCUT2D eigenvalue weighted by atomic mass is 32.1. The molecule has 0 aromatic carbocycles. The molecule has 2 fully saturated rings. The molecule has 0 atom stereocenters. The van der Waals surface area contributed by atoms with Crippen LogP contribution in [0.15, 0.2) is 18.2 Å². The van der Waals surface area contributed by atoms with Crippen molar-refractivity contribution < 1.29 is 14.7 Å². The van der Waals surface area contributed by atoms with Gasteiger partial charge in [-0.1, -0.05) is 18.8 Å². The molecular weight excluding hydrogens is 522 g/mol. The molecule has 8 nitrogen and oxygen atoms in total. The van der Waals surface area contributed by atoms with Crippen LogP contribution in [0.1, 0.15) is 99.3 Å². The van der Waals surface area contributed by atoms with E-state index in [9.17, 15) is 14.7 Å². The largest absolute Gasteiger partial charge is 0.477 e. The zero-order valence-electron chi connectivity index (χ0n) is 24.7. The number of nitrogens with zero attached hydrogens (tertiary/aromatic N) is 4. The Morgan fingerprint density at radius 1 is 1.05 bits per heavy atom. The van der Waals surface area contributed by atoms with Gasteiger partial charge in [-0.15, -0.1) is 16.4 Å². The number of hydrogen-bond donors (Lipinski definition) is 2. The fraction of sp³-hybridized carbons (Fsp3) is 0.613. The van der Waals surface area contributed by atoms with Crippen LogP contribution in [0, 0.1) is 36.0 Å². The van der Waals surface area contributed by atoms with E-state index >= 15 is 0 Å². The van der Waals surface area contributed by atoms with E-state index in [-0.39, 0.29) is 34.2 Å². The summed E-state index contributed by atoms with van der Waals surface area (Å²) in [6.45, 7) is 10.2. The molecule has 9 heteroatoms. The molecule has 2 saturated carbocycles. The van der Waals surface area contributed by atoms with Crippen LogP contribution in [0.3, 0.4) is 0 Å². The Hall–Kier alpha value is -2.96. The van der Waals surface area contributed by atoms with Crippen LogP contribution in [-0.4, -0.2) is 46.3 Å². The number of nitrogens with one attached hydrogen (secondary N) is 1. The Morgan fingerprint density at radius 2 is 1.73 bits per heavy atom. The number of hydrazine groups is 1. The molecule has 2 N–H and O–H groups in total. The summed E-state index contributed by atoms with van der Waals surface area (Å²) >= 11 is 1.17. The number of carboxylic acids is 1. The van der Waals surface area contributed by atoms with Gasteiger partial charge in [0.25, 0.3) is 0 Å². The fourth-order valence-corrected chi connectivity index (χ4v) is 6.44. The number of aromatic nitrogens is 2. The first-order valence-corrected chi connectivity index (χ1v) is 15.3. The third kappa shape index (κ3) is 7.61. The Labute approximate surface area is 242 Å². The van der Waals surface area contributed by atoms with Crippen molar-refractivity contribution in [3.63, 3.8) is 0 Å². The van der Waals surface area contributed by atoms with E-state index in [0.29, 0.717) is 16.5 Å². The summed E-state index contributed by atoms with van der Waals surface area (Å²) in [6.07, 6.45) is 7.10. The lowest BCUT2D eigenvalue weighted by Crippen LogP contribution is -2.50. The number of amides is 1. The smallest absolute Gasteiger partial charge is 0.348 e. The molecule has 0 bridgehead atoms. The van der Waals surface area contributed by atoms with Crippen molar-refractivity contribution in [2.75, 3.05) is 17.0 Å². The van der Waals surface area contributed by atoms with Crippen molar-refractivity contribution in [1.29, 1.82) is 0 Å². The Bertz CT molecular complexity index is 1240. The second-order valence-electron chi connectivity index (χ2n) is 12.5. The average molecular weight is 566 g/mol. The zero-order valence-corrected chi connectivity index (χ0v) is 25.5. The Morgan fingerprint density at radius 3 is 2.30 bits per heavy atom. The van der Waals surface area contributed by atoms with Crippen LogP contribution in [0.2, 0.25) is 0 Å². The molecule has 2 aliphatic carbocycles. The minimum absolute atomic E-state index is 0.0505. The van der Waals surface area contributed by atoms with Gasteiger partial charge in [-0.3, -0.25) is 9.80 Å². The van der Waals surface area contributed by atoms with Crippen molar-refractivity contribution >= 4 is 34.7 Å². The number of carboxylic acid groups (broad SMARTS) is 1. The standard InChI is InChI=1S/C31H43N5O3S/c1-20-7-10-22(11-8-20)29(37)36(26-19-25(17-18-31(3,4)5)40-28(26)30(38)39)24-14-12-23(13-15-24)34-35(6)27-16-9-21(2)32-33-27/h9,16,19-20,22-24,34H,7-8,10-15H2,1-6H3,(H,38,39)/t20?,22?,23-,24+. The first-order chi connectivity index (χ1) is 18.9. The van der Waals surface area contributed by atoms with Crippen LogP contribution >= 0.6 is 11.3 Å². The lowest BCUT2D eigenvalue weighted by molar-refractivity contribution is -0.124. The minimum atomic E-state index is -1.00. The third-order valence-corrected chi connectivity index (χ3v) is 8.92. The van der Waals surface area contributed by atoms with Gasteiger partial charge in [0.05, 0.1) is 16.3 Å². The molecule has 1 amide bonds. The molecular formula is C31H43N5O3S. The molecule has 2 aromatic rings. The van der Waals surface area contributed by atoms with Crippen molar-refractivity contribution in [2.45, 2.75) is 98.1 Å². The van der Waals surface area contributed by atoms with E-state index in [1.165, 1.54) is 11.3 Å². The SMILES string of the molecule is Cc1ccc(N(C)N[C@H]2CC[C@@H](N(C(=O)C3CCC(C)CC3)c3cc(C#CC(C)(C)C)sc3C(=O)O)CC2)nn1. The molecule has 0 radical (unpaired) electrons. The predicted molar refractivity (Wildman–Crippen MR) is 161 cm³/mol. The van der Waals surface area contributed by atoms with E-state index < -0.39 is 5.97 Å². The number of rotatable bonds is 7. The van der Waals surface area contributed by atoms with E-state index in [1.807, 2.05) is 62.9 Å². The van der Waals surface area contributed by atoms with Gasteiger partial charge in [0, 0.05) is 30.5 Å². The number of carbonyl (C=O) groups excluding carboxylic acids is 1. The van der Waals surface area contributed by atoms with Gasteiger partial charge in [-0.25, -0.2) is 10.2 Å². The van der Waals surface area contributed by atoms with Crippen LogP contribution in [0.5, 0.6) is 0 Å². The van der Waals surface area contributed by atoms with Gasteiger partial charge in [0.2, 0.25) is 5.91 Å². The van der Waals surface area contributed by atoms with Crippen LogP contribution < -0.4 is 15.3 Å². The van der Waals surface area contributed by atoms with Crippen molar-refractivity contribution in [2.24, 2.45) is 17.3 Å². The molecule has 40 heavy (non-hydrogen) atoms. The zero-order chi connectivity index (χ0) is 29.0. The van der Waals surface area contributed by atoms with E-state index in [1.54, 1.807) is 0 Å². The lowest BCUT2D eigenvalue weighted by Gasteiger charge is -2.40. The molecule has 2 aliphatic rings. The lowest BCUT2D eigenvalue weighted by atomic mass is 9.81. The highest BCUT2D eigenvalue weighted by molar-refractivity contribution is 7.15. The quantitative estimate of drug-likeness (QED) is 0.311. The predicted octanol–water partition coefficient (Wildman–Crippen LogP) is 6.05. The Kier molecular flexibility index (Phi) is 9.52. The summed E-state index contributed by atoms with van der Waals surface area (Å²) in [5.74, 6) is 6.77. The summed E-state index contributed by atoms with van der Waals surface area (Å²) in [5, 5.41) is 20.5. The maximum atomic E-state index is 14.1. The molecule has 4 rings (SSSR count). The van der Waals surface area contributed by atoms with E-state index in [0.717, 1.165) is 62.9 Å². The second kappa shape index (κ2) is 12.7. The molecule has 216 valence electrons. The monoisotopic (exact) mass is 565 g/mol. The summed E-state index contributed by atoms with van der Waals surface area (Å²) in [7, 11) is 1.94. The van der Waals surface area contributed by atoms with Crippen molar-refractivity contribution in [3.05, 3.63) is 33.6 Å². The molecule has 2 aromatic heterocycles. The summed E-state index contributed by atoms with van der Waals surface area (Å²) in [6, 6.07) is 5.89. The number of carbonyl (C=O) groups is 2. The van der Waals surface area contributed by atoms with Gasteiger partial charge in [0.1, 0.15) is 4.88 Å². The van der Waals surface area contributed by atoms with Crippen LogP contribution in [-0.2, 0) is 4.79 Å². The number of thiophene rings is 1. The highest BCUT2D eigenvalue weighted by Crippen LogP contribution is 2.39. The summed E-state index contributed by atoms with van der Waals surface area (Å²) < 4.78 is 0. The maximum Gasteiger partial charge on any atom is 0.348 e. The van der Waals surface area contributed by atoms with Gasteiger partial charge in [-0.05, 0) is 103 Å². The van der Waals surface area contributed by atoms with Gasteiger partial charge in [0.15, 0.2) is 5.82 Å². The van der Waals surface area contributed by atoms with Crippen LogP contribution in [0.25, 0.3) is 0 Å². The minimum Gasteiger partial charge on any atom is -0.477 e. The molecule has 2 heterocycles. The van der Waals surface area contributed by atoms with Crippen molar-refractivity contribution in [3.8, 4) is 11.8 Å². The number of aryl methyl sites for hydroxylation is 1. The fourth-order valence-electron chi connectivity index (χ4n) is 5.60. The number of anilines is 2. The molecule has 0 saturated heterocycles. The van der Waals surface area contributed by atoms with E-state index in [4.69, 9.17) is 0 Å². The average Bonchev–Trinajstić information content (AvgIpc) is 3.33. The Balaban J connectivity index is 1.57. The molecule has 0 spiro atoms. The van der Waals surface area contributed by atoms with Gasteiger partial charge < -0.3 is 10.0 Å². The highest BCUT2D eigenvalue weighted by Gasteiger charge is 2.37. The maximum absolute atomic E-state index is 14.1. The first-order valence-electron chi connectivity index (χ1n) is 14.4. The molecule has 0 unspecified atom stereocenters. The van der Waals surface area contributed by atoms with Crippen LogP contribution in [0.4, 0.5) is 11.5 Å². The number of hydrogen-bond acceptors (Lipinski definition) is 7. The van der Waals surface area contributed by atoms with E-state index in [2.05, 4.69) is 34.4 Å².